The number of benzene rings is 2. The number of rotatable bonds is 4. The van der Waals surface area contributed by atoms with Crippen LogP contribution in [0.3, 0.4) is 0 Å². The minimum Gasteiger partial charge on any atom is -0.436 e. The lowest BCUT2D eigenvalue weighted by atomic mass is 10.2. The summed E-state index contributed by atoms with van der Waals surface area (Å²) in [5.41, 5.74) is 3.74. The van der Waals surface area contributed by atoms with Gasteiger partial charge < -0.3 is 9.73 Å². The molecule has 0 aliphatic carbocycles. The Morgan fingerprint density at radius 3 is 2.90 bits per heavy atom. The molecule has 2 aromatic carbocycles. The SMILES string of the molecule is CCNCc1ccc2nc(-c3cccc(Cl)c3)oc2c1. The maximum atomic E-state index is 6.00. The summed E-state index contributed by atoms with van der Waals surface area (Å²) in [7, 11) is 0. The van der Waals surface area contributed by atoms with E-state index in [9.17, 15) is 0 Å². The maximum absolute atomic E-state index is 6.00. The number of fused-ring (bicyclic) bond motifs is 1. The van der Waals surface area contributed by atoms with E-state index in [1.807, 2.05) is 36.4 Å². The number of aromatic nitrogens is 1. The van der Waals surface area contributed by atoms with E-state index in [1.54, 1.807) is 0 Å². The zero-order valence-corrected chi connectivity index (χ0v) is 11.9. The molecule has 20 heavy (non-hydrogen) atoms. The molecule has 1 aromatic heterocycles. The highest BCUT2D eigenvalue weighted by Crippen LogP contribution is 2.26. The number of hydrogen-bond donors (Lipinski definition) is 1. The van der Waals surface area contributed by atoms with Crippen LogP contribution in [0.15, 0.2) is 46.9 Å². The highest BCUT2D eigenvalue weighted by Gasteiger charge is 2.09. The first-order valence-electron chi connectivity index (χ1n) is 6.62. The van der Waals surface area contributed by atoms with E-state index in [0.29, 0.717) is 10.9 Å². The van der Waals surface area contributed by atoms with Crippen molar-refractivity contribution in [1.82, 2.24) is 10.3 Å². The van der Waals surface area contributed by atoms with Crippen molar-refractivity contribution in [2.45, 2.75) is 13.5 Å². The molecule has 0 aliphatic rings. The number of nitrogens with one attached hydrogen (secondary N) is 1. The molecule has 0 aliphatic heterocycles. The first-order valence-corrected chi connectivity index (χ1v) is 7.00. The number of halogens is 1. The number of hydrogen-bond acceptors (Lipinski definition) is 3. The molecule has 0 saturated carbocycles. The Morgan fingerprint density at radius 2 is 2.10 bits per heavy atom. The Balaban J connectivity index is 1.98. The largest absolute Gasteiger partial charge is 0.436 e. The lowest BCUT2D eigenvalue weighted by Gasteiger charge is -2.00. The van der Waals surface area contributed by atoms with E-state index in [-0.39, 0.29) is 0 Å². The van der Waals surface area contributed by atoms with Gasteiger partial charge in [-0.15, -0.1) is 0 Å². The topological polar surface area (TPSA) is 38.1 Å². The molecule has 0 fully saturated rings. The molecule has 0 atom stereocenters. The summed E-state index contributed by atoms with van der Waals surface area (Å²) in [6.07, 6.45) is 0. The highest BCUT2D eigenvalue weighted by atomic mass is 35.5. The molecule has 0 spiro atoms. The lowest BCUT2D eigenvalue weighted by Crippen LogP contribution is -2.11. The molecule has 0 bridgehead atoms. The van der Waals surface area contributed by atoms with Crippen LogP contribution in [0.5, 0.6) is 0 Å². The number of nitrogens with zero attached hydrogens (tertiary/aromatic N) is 1. The van der Waals surface area contributed by atoms with Gasteiger partial charge in [0.15, 0.2) is 5.58 Å². The van der Waals surface area contributed by atoms with Crippen molar-refractivity contribution in [2.75, 3.05) is 6.54 Å². The lowest BCUT2D eigenvalue weighted by molar-refractivity contribution is 0.618. The van der Waals surface area contributed by atoms with Gasteiger partial charge in [0.25, 0.3) is 0 Å². The second-order valence-corrected chi connectivity index (χ2v) is 5.05. The van der Waals surface area contributed by atoms with E-state index >= 15 is 0 Å². The van der Waals surface area contributed by atoms with Crippen LogP contribution in [0.4, 0.5) is 0 Å². The van der Waals surface area contributed by atoms with Crippen molar-refractivity contribution in [3.8, 4) is 11.5 Å². The quantitative estimate of drug-likeness (QED) is 0.779. The van der Waals surface area contributed by atoms with Crippen molar-refractivity contribution in [1.29, 1.82) is 0 Å². The fourth-order valence-electron chi connectivity index (χ4n) is 2.09. The van der Waals surface area contributed by atoms with Crippen molar-refractivity contribution < 1.29 is 4.42 Å². The molecule has 4 heteroatoms. The van der Waals surface area contributed by atoms with Crippen LogP contribution in [0.25, 0.3) is 22.6 Å². The van der Waals surface area contributed by atoms with Gasteiger partial charge >= 0.3 is 0 Å². The summed E-state index contributed by atoms with van der Waals surface area (Å²) in [6, 6.07) is 13.6. The van der Waals surface area contributed by atoms with E-state index in [2.05, 4.69) is 23.3 Å². The molecule has 0 unspecified atom stereocenters. The summed E-state index contributed by atoms with van der Waals surface area (Å²) < 4.78 is 5.83. The smallest absolute Gasteiger partial charge is 0.227 e. The van der Waals surface area contributed by atoms with Gasteiger partial charge in [-0.2, -0.15) is 0 Å². The van der Waals surface area contributed by atoms with Gasteiger partial charge in [0, 0.05) is 17.1 Å². The predicted octanol–water partition coefficient (Wildman–Crippen LogP) is 4.26. The van der Waals surface area contributed by atoms with Crippen molar-refractivity contribution in [3.05, 3.63) is 53.1 Å². The molecule has 0 amide bonds. The van der Waals surface area contributed by atoms with Crippen molar-refractivity contribution in [3.63, 3.8) is 0 Å². The van der Waals surface area contributed by atoms with Crippen LogP contribution >= 0.6 is 11.6 Å². The van der Waals surface area contributed by atoms with Gasteiger partial charge in [-0.05, 0) is 42.4 Å². The molecule has 1 N–H and O–H groups in total. The van der Waals surface area contributed by atoms with Crippen LogP contribution in [0.2, 0.25) is 5.02 Å². The highest BCUT2D eigenvalue weighted by molar-refractivity contribution is 6.30. The first-order chi connectivity index (χ1) is 9.76. The van der Waals surface area contributed by atoms with Gasteiger partial charge in [0.2, 0.25) is 5.89 Å². The van der Waals surface area contributed by atoms with E-state index in [4.69, 9.17) is 16.0 Å². The first kappa shape index (κ1) is 13.2. The Morgan fingerprint density at radius 1 is 1.20 bits per heavy atom. The van der Waals surface area contributed by atoms with Crippen LogP contribution in [0, 0.1) is 0 Å². The fourth-order valence-corrected chi connectivity index (χ4v) is 2.28. The van der Waals surface area contributed by atoms with Crippen LogP contribution < -0.4 is 5.32 Å². The summed E-state index contributed by atoms with van der Waals surface area (Å²) in [5, 5.41) is 3.97. The molecular weight excluding hydrogens is 272 g/mol. The van der Waals surface area contributed by atoms with Gasteiger partial charge in [-0.3, -0.25) is 0 Å². The average molecular weight is 287 g/mol. The standard InChI is InChI=1S/C16H15ClN2O/c1-2-18-10-11-6-7-14-15(8-11)20-16(19-14)12-4-3-5-13(17)9-12/h3-9,18H,2,10H2,1H3. The Labute approximate surface area is 122 Å². The maximum Gasteiger partial charge on any atom is 0.227 e. The van der Waals surface area contributed by atoms with Crippen LogP contribution in [-0.2, 0) is 6.54 Å². The van der Waals surface area contributed by atoms with Gasteiger partial charge in [-0.25, -0.2) is 4.98 Å². The average Bonchev–Trinajstić information content (AvgIpc) is 2.88. The van der Waals surface area contributed by atoms with Crippen LogP contribution in [0.1, 0.15) is 12.5 Å². The molecule has 0 saturated heterocycles. The Bertz CT molecular complexity index is 736. The molecule has 1 heterocycles. The summed E-state index contributed by atoms with van der Waals surface area (Å²) in [5.74, 6) is 0.600. The van der Waals surface area contributed by atoms with E-state index in [1.165, 1.54) is 5.56 Å². The predicted molar refractivity (Wildman–Crippen MR) is 81.8 cm³/mol. The van der Waals surface area contributed by atoms with Gasteiger partial charge in [0.05, 0.1) is 0 Å². The zero-order chi connectivity index (χ0) is 13.9. The minimum absolute atomic E-state index is 0.600. The van der Waals surface area contributed by atoms with E-state index in [0.717, 1.165) is 29.8 Å². The molecule has 0 radical (unpaired) electrons. The molecular formula is C16H15ClN2O. The second kappa shape index (κ2) is 5.65. The number of oxazole rings is 1. The molecule has 3 rings (SSSR count). The van der Waals surface area contributed by atoms with Crippen molar-refractivity contribution >= 4 is 22.7 Å². The van der Waals surface area contributed by atoms with Crippen molar-refractivity contribution in [2.24, 2.45) is 0 Å². The summed E-state index contributed by atoms with van der Waals surface area (Å²) in [4.78, 5) is 4.50. The third-order valence-electron chi connectivity index (χ3n) is 3.10. The molecule has 102 valence electrons. The second-order valence-electron chi connectivity index (χ2n) is 4.61. The zero-order valence-electron chi connectivity index (χ0n) is 11.2. The monoisotopic (exact) mass is 286 g/mol. The Hall–Kier alpha value is -1.84. The van der Waals surface area contributed by atoms with E-state index < -0.39 is 0 Å². The fraction of sp³-hybridized carbons (Fsp3) is 0.188. The summed E-state index contributed by atoms with van der Waals surface area (Å²) in [6.45, 7) is 3.87. The normalized spacial score (nSPS) is 11.1. The third kappa shape index (κ3) is 2.69. The minimum atomic E-state index is 0.600. The summed E-state index contributed by atoms with van der Waals surface area (Å²) >= 11 is 6.00. The van der Waals surface area contributed by atoms with Crippen LogP contribution in [-0.4, -0.2) is 11.5 Å². The molecule has 3 nitrogen and oxygen atoms in total. The third-order valence-corrected chi connectivity index (χ3v) is 3.34. The molecule has 3 aromatic rings. The van der Waals surface area contributed by atoms with Gasteiger partial charge in [0.1, 0.15) is 5.52 Å². The van der Waals surface area contributed by atoms with Gasteiger partial charge in [-0.1, -0.05) is 30.7 Å². The Kier molecular flexibility index (Phi) is 3.72.